The lowest BCUT2D eigenvalue weighted by atomic mass is 10.00. The number of benzene rings is 1. The fourth-order valence-electron chi connectivity index (χ4n) is 2.10. The summed E-state index contributed by atoms with van der Waals surface area (Å²) in [6, 6.07) is 6.75. The van der Waals surface area contributed by atoms with Crippen LogP contribution in [0.4, 0.5) is 4.39 Å². The summed E-state index contributed by atoms with van der Waals surface area (Å²) in [5, 5.41) is 5.58. The number of methoxy groups -OCH3 is 1. The van der Waals surface area contributed by atoms with Gasteiger partial charge in [0.05, 0.1) is 16.0 Å². The van der Waals surface area contributed by atoms with E-state index in [9.17, 15) is 4.39 Å². The van der Waals surface area contributed by atoms with Crippen LogP contribution >= 0.6 is 33.9 Å². The third-order valence-electron chi connectivity index (χ3n) is 3.02. The van der Waals surface area contributed by atoms with Crippen molar-refractivity contribution in [3.63, 3.8) is 0 Å². The molecule has 1 atom stereocenters. The van der Waals surface area contributed by atoms with Crippen LogP contribution < -0.4 is 10.1 Å². The highest BCUT2D eigenvalue weighted by Crippen LogP contribution is 2.33. The SMILES string of the molecule is CCCNC(c1csc(I)c1)c1cc(F)ccc1OC. The summed E-state index contributed by atoms with van der Waals surface area (Å²) in [6.45, 7) is 2.99. The van der Waals surface area contributed by atoms with Crippen molar-refractivity contribution in [1.29, 1.82) is 0 Å². The molecule has 108 valence electrons. The van der Waals surface area contributed by atoms with Crippen LogP contribution in [0.25, 0.3) is 0 Å². The van der Waals surface area contributed by atoms with E-state index in [1.54, 1.807) is 30.6 Å². The fraction of sp³-hybridized carbons (Fsp3) is 0.333. The molecule has 0 spiro atoms. The minimum atomic E-state index is -0.242. The maximum atomic E-state index is 13.6. The normalized spacial score (nSPS) is 12.4. The Morgan fingerprint density at radius 1 is 1.40 bits per heavy atom. The van der Waals surface area contributed by atoms with Gasteiger partial charge in [0.2, 0.25) is 0 Å². The molecule has 2 rings (SSSR count). The minimum absolute atomic E-state index is 0.0413. The van der Waals surface area contributed by atoms with Crippen molar-refractivity contribution in [3.05, 3.63) is 49.5 Å². The van der Waals surface area contributed by atoms with Crippen LogP contribution in [0.5, 0.6) is 5.75 Å². The fourth-order valence-corrected chi connectivity index (χ4v) is 3.50. The summed E-state index contributed by atoms with van der Waals surface area (Å²) >= 11 is 3.99. The smallest absolute Gasteiger partial charge is 0.124 e. The van der Waals surface area contributed by atoms with Gasteiger partial charge in [-0.1, -0.05) is 6.92 Å². The molecule has 0 amide bonds. The zero-order valence-corrected chi connectivity index (χ0v) is 14.4. The summed E-state index contributed by atoms with van der Waals surface area (Å²) in [6.07, 6.45) is 1.02. The maximum absolute atomic E-state index is 13.6. The van der Waals surface area contributed by atoms with E-state index in [1.165, 1.54) is 8.95 Å². The molecular formula is C15H17FINOS. The Kier molecular flexibility index (Phi) is 5.80. The van der Waals surface area contributed by atoms with Crippen LogP contribution in [-0.2, 0) is 0 Å². The Balaban J connectivity index is 2.42. The van der Waals surface area contributed by atoms with E-state index in [4.69, 9.17) is 4.74 Å². The summed E-state index contributed by atoms with van der Waals surface area (Å²) < 4.78 is 20.2. The van der Waals surface area contributed by atoms with Gasteiger partial charge < -0.3 is 10.1 Å². The van der Waals surface area contributed by atoms with Crippen molar-refractivity contribution in [2.75, 3.05) is 13.7 Å². The zero-order valence-electron chi connectivity index (χ0n) is 11.5. The maximum Gasteiger partial charge on any atom is 0.124 e. The number of rotatable bonds is 6. The molecule has 1 unspecified atom stereocenters. The van der Waals surface area contributed by atoms with Crippen LogP contribution in [0.3, 0.4) is 0 Å². The molecule has 0 radical (unpaired) electrons. The molecule has 0 saturated carbocycles. The second-order valence-electron chi connectivity index (χ2n) is 4.46. The summed E-state index contributed by atoms with van der Waals surface area (Å²) in [4.78, 5) is 0. The molecule has 5 heteroatoms. The van der Waals surface area contributed by atoms with Crippen LogP contribution in [0.2, 0.25) is 0 Å². The predicted octanol–water partition coefficient (Wildman–Crippen LogP) is 4.59. The van der Waals surface area contributed by atoms with Crippen molar-refractivity contribution >= 4 is 33.9 Å². The van der Waals surface area contributed by atoms with Crippen LogP contribution in [0.15, 0.2) is 29.6 Å². The molecule has 0 fully saturated rings. The van der Waals surface area contributed by atoms with Crippen molar-refractivity contribution in [2.24, 2.45) is 0 Å². The first-order chi connectivity index (χ1) is 9.65. The minimum Gasteiger partial charge on any atom is -0.496 e. The monoisotopic (exact) mass is 405 g/mol. The summed E-state index contributed by atoms with van der Waals surface area (Å²) in [5.41, 5.74) is 1.99. The number of hydrogen-bond acceptors (Lipinski definition) is 3. The third-order valence-corrected chi connectivity index (χ3v) is 4.83. The average Bonchev–Trinajstić information content (AvgIpc) is 2.86. The van der Waals surface area contributed by atoms with Gasteiger partial charge in [0.25, 0.3) is 0 Å². The number of halogens is 2. The van der Waals surface area contributed by atoms with Gasteiger partial charge in [-0.2, -0.15) is 0 Å². The van der Waals surface area contributed by atoms with Crippen LogP contribution in [0, 0.1) is 8.70 Å². The largest absolute Gasteiger partial charge is 0.496 e. The highest BCUT2D eigenvalue weighted by atomic mass is 127. The second kappa shape index (κ2) is 7.38. The van der Waals surface area contributed by atoms with Crippen molar-refractivity contribution < 1.29 is 9.13 Å². The van der Waals surface area contributed by atoms with Gasteiger partial charge in [-0.15, -0.1) is 11.3 Å². The number of nitrogens with one attached hydrogen (secondary N) is 1. The molecule has 20 heavy (non-hydrogen) atoms. The molecule has 1 aromatic heterocycles. The Labute approximate surface area is 136 Å². The van der Waals surface area contributed by atoms with Gasteiger partial charge in [-0.3, -0.25) is 0 Å². The van der Waals surface area contributed by atoms with Gasteiger partial charge >= 0.3 is 0 Å². The first kappa shape index (κ1) is 15.7. The predicted molar refractivity (Wildman–Crippen MR) is 90.1 cm³/mol. The number of ether oxygens (including phenoxy) is 1. The molecule has 2 aromatic rings. The van der Waals surface area contributed by atoms with E-state index in [0.717, 1.165) is 24.1 Å². The Bertz CT molecular complexity index is 573. The van der Waals surface area contributed by atoms with Crippen LogP contribution in [-0.4, -0.2) is 13.7 Å². The van der Waals surface area contributed by atoms with Crippen molar-refractivity contribution in [3.8, 4) is 5.75 Å². The van der Waals surface area contributed by atoms with E-state index in [-0.39, 0.29) is 11.9 Å². The summed E-state index contributed by atoms with van der Waals surface area (Å²) in [7, 11) is 1.62. The molecule has 2 nitrogen and oxygen atoms in total. The van der Waals surface area contributed by atoms with E-state index >= 15 is 0 Å². The lowest BCUT2D eigenvalue weighted by Crippen LogP contribution is -2.23. The topological polar surface area (TPSA) is 21.3 Å². The molecule has 0 aliphatic rings. The van der Waals surface area contributed by atoms with E-state index in [1.807, 2.05) is 0 Å². The molecular weight excluding hydrogens is 388 g/mol. The lowest BCUT2D eigenvalue weighted by Gasteiger charge is -2.20. The first-order valence-corrected chi connectivity index (χ1v) is 8.42. The van der Waals surface area contributed by atoms with E-state index in [0.29, 0.717) is 5.75 Å². The standard InChI is InChI=1S/C15H17FINOS/c1-3-6-18-15(10-7-14(17)20-9-10)12-8-11(16)4-5-13(12)19-2/h4-5,7-9,15,18H,3,6H2,1-2H3. The summed E-state index contributed by atoms with van der Waals surface area (Å²) in [5.74, 6) is 0.468. The molecule has 0 bridgehead atoms. The lowest BCUT2D eigenvalue weighted by molar-refractivity contribution is 0.402. The van der Waals surface area contributed by atoms with Gasteiger partial charge in [0.1, 0.15) is 11.6 Å². The highest BCUT2D eigenvalue weighted by Gasteiger charge is 2.19. The van der Waals surface area contributed by atoms with E-state index in [2.05, 4.69) is 46.3 Å². The Hall–Kier alpha value is -0.660. The van der Waals surface area contributed by atoms with Gasteiger partial charge in [0, 0.05) is 5.56 Å². The van der Waals surface area contributed by atoms with Crippen molar-refractivity contribution in [1.82, 2.24) is 5.32 Å². The third kappa shape index (κ3) is 3.71. The Morgan fingerprint density at radius 3 is 2.80 bits per heavy atom. The average molecular weight is 405 g/mol. The molecule has 1 N–H and O–H groups in total. The highest BCUT2D eigenvalue weighted by molar-refractivity contribution is 14.1. The number of hydrogen-bond donors (Lipinski definition) is 1. The van der Waals surface area contributed by atoms with Gasteiger partial charge in [0.15, 0.2) is 0 Å². The zero-order chi connectivity index (χ0) is 14.5. The van der Waals surface area contributed by atoms with E-state index < -0.39 is 0 Å². The molecule has 1 heterocycles. The molecule has 0 aliphatic heterocycles. The first-order valence-electron chi connectivity index (χ1n) is 6.46. The van der Waals surface area contributed by atoms with Crippen molar-refractivity contribution in [2.45, 2.75) is 19.4 Å². The molecule has 0 aliphatic carbocycles. The quantitative estimate of drug-likeness (QED) is 0.710. The van der Waals surface area contributed by atoms with Gasteiger partial charge in [-0.25, -0.2) is 4.39 Å². The van der Waals surface area contributed by atoms with Crippen LogP contribution in [0.1, 0.15) is 30.5 Å². The van der Waals surface area contributed by atoms with Gasteiger partial charge in [-0.05, 0) is 70.8 Å². The number of thiophene rings is 1. The molecule has 1 aromatic carbocycles. The Morgan fingerprint density at radius 2 is 2.20 bits per heavy atom. The second-order valence-corrected chi connectivity index (χ2v) is 7.26. The molecule has 0 saturated heterocycles.